The first-order valence-corrected chi connectivity index (χ1v) is 13.9. The van der Waals surface area contributed by atoms with Crippen LogP contribution in [0.15, 0.2) is 11.1 Å². The second kappa shape index (κ2) is 9.15. The molecular weight excluding hydrogens is 408 g/mol. The molecule has 2 saturated carbocycles. The third-order valence-corrected chi connectivity index (χ3v) is 11.1. The van der Waals surface area contributed by atoms with E-state index in [1.54, 1.807) is 0 Å². The summed E-state index contributed by atoms with van der Waals surface area (Å²) in [5, 5.41) is 0. The van der Waals surface area contributed by atoms with E-state index in [0.29, 0.717) is 23.5 Å². The molecule has 0 heterocycles. The molecule has 8 atom stereocenters. The van der Waals surface area contributed by atoms with Crippen LogP contribution in [0.25, 0.3) is 0 Å². The second-order valence-electron chi connectivity index (χ2n) is 13.1. The molecule has 0 radical (unpaired) electrons. The Bertz CT molecular complexity index is 809. The summed E-state index contributed by atoms with van der Waals surface area (Å²) in [4.78, 5) is 25.6. The van der Waals surface area contributed by atoms with Gasteiger partial charge in [0.2, 0.25) is 0 Å². The quantitative estimate of drug-likeness (QED) is 0.402. The molecule has 0 unspecified atom stereocenters. The van der Waals surface area contributed by atoms with E-state index in [2.05, 4.69) is 41.5 Å². The lowest BCUT2D eigenvalue weighted by Gasteiger charge is -2.53. The molecular formula is C30H48O3. The summed E-state index contributed by atoms with van der Waals surface area (Å²) in [7, 11) is 0. The largest absolute Gasteiger partial charge is 0.463 e. The molecule has 0 bridgehead atoms. The molecule has 0 aromatic carbocycles. The van der Waals surface area contributed by atoms with Crippen molar-refractivity contribution in [3.05, 3.63) is 11.1 Å². The van der Waals surface area contributed by atoms with E-state index in [0.717, 1.165) is 62.7 Å². The fraction of sp³-hybridized carbons (Fsp3) is 0.867. The number of ether oxygens (including phenoxy) is 1. The molecule has 3 heteroatoms. The number of esters is 1. The first-order valence-electron chi connectivity index (χ1n) is 13.9. The Balaban J connectivity index is 1.52. The molecule has 2 fully saturated rings. The van der Waals surface area contributed by atoms with Crippen LogP contribution in [0.2, 0.25) is 0 Å². The molecule has 0 N–H and O–H groups in total. The molecule has 0 aromatic rings. The highest BCUT2D eigenvalue weighted by Crippen LogP contribution is 2.61. The third kappa shape index (κ3) is 4.36. The van der Waals surface area contributed by atoms with Gasteiger partial charge in [0.25, 0.3) is 0 Å². The van der Waals surface area contributed by atoms with Crippen molar-refractivity contribution in [1.29, 1.82) is 0 Å². The number of ketones is 1. The minimum absolute atomic E-state index is 0.0665. The fourth-order valence-corrected chi connectivity index (χ4v) is 8.46. The first kappa shape index (κ1) is 25.0. The van der Waals surface area contributed by atoms with Gasteiger partial charge in [0.05, 0.1) is 0 Å². The van der Waals surface area contributed by atoms with E-state index in [4.69, 9.17) is 4.74 Å². The van der Waals surface area contributed by atoms with Gasteiger partial charge in [-0.2, -0.15) is 0 Å². The second-order valence-corrected chi connectivity index (χ2v) is 13.1. The smallest absolute Gasteiger partial charge is 0.302 e. The van der Waals surface area contributed by atoms with Crippen molar-refractivity contribution in [3.63, 3.8) is 0 Å². The maximum absolute atomic E-state index is 14.2. The average Bonchev–Trinajstić information content (AvgIpc) is 3.11. The molecule has 4 rings (SSSR count). The van der Waals surface area contributed by atoms with Crippen LogP contribution in [0.5, 0.6) is 0 Å². The number of fused-ring (bicyclic) bond motifs is 2. The van der Waals surface area contributed by atoms with Crippen LogP contribution in [0.1, 0.15) is 113 Å². The van der Waals surface area contributed by atoms with Gasteiger partial charge in [0.15, 0.2) is 5.78 Å². The lowest BCUT2D eigenvalue weighted by Crippen LogP contribution is -2.48. The van der Waals surface area contributed by atoms with Crippen molar-refractivity contribution in [3.8, 4) is 0 Å². The van der Waals surface area contributed by atoms with Crippen LogP contribution in [-0.4, -0.2) is 17.9 Å². The van der Waals surface area contributed by atoms with Crippen molar-refractivity contribution in [2.75, 3.05) is 0 Å². The maximum atomic E-state index is 14.2. The predicted molar refractivity (Wildman–Crippen MR) is 134 cm³/mol. The number of allylic oxidation sites excluding steroid dienone is 2. The predicted octanol–water partition coefficient (Wildman–Crippen LogP) is 7.53. The first-order chi connectivity index (χ1) is 15.5. The van der Waals surface area contributed by atoms with Gasteiger partial charge in [-0.25, -0.2) is 0 Å². The van der Waals surface area contributed by atoms with Gasteiger partial charge < -0.3 is 4.74 Å². The van der Waals surface area contributed by atoms with Crippen molar-refractivity contribution in [2.45, 2.75) is 119 Å². The average molecular weight is 457 g/mol. The van der Waals surface area contributed by atoms with E-state index in [-0.39, 0.29) is 22.9 Å². The van der Waals surface area contributed by atoms with E-state index in [1.807, 2.05) is 0 Å². The highest BCUT2D eigenvalue weighted by Gasteiger charge is 2.55. The molecule has 4 aliphatic rings. The SMILES string of the molecule is CC(=O)O[C@H]1CC[C@]2(C)C3=C(CC[C@H]2C1)C(=O)[C@@](C)([C@@H]1CC[C@H](C[C@H](C)C(C)C)[C@H]1C)CC3. The molecule has 4 aliphatic carbocycles. The van der Waals surface area contributed by atoms with Crippen LogP contribution in [0.4, 0.5) is 0 Å². The van der Waals surface area contributed by atoms with Crippen LogP contribution >= 0.6 is 0 Å². The molecule has 0 saturated heterocycles. The number of rotatable bonds is 5. The van der Waals surface area contributed by atoms with Crippen LogP contribution in [0, 0.1) is 46.3 Å². The van der Waals surface area contributed by atoms with E-state index in [1.165, 1.54) is 37.3 Å². The van der Waals surface area contributed by atoms with Gasteiger partial charge in [0.1, 0.15) is 6.10 Å². The highest BCUT2D eigenvalue weighted by atomic mass is 16.5. The molecule has 0 amide bonds. The lowest BCUT2D eigenvalue weighted by atomic mass is 9.51. The highest BCUT2D eigenvalue weighted by molar-refractivity contribution is 6.02. The number of carbonyl (C=O) groups excluding carboxylic acids is 2. The minimum atomic E-state index is -0.174. The Morgan fingerprint density at radius 1 is 1.03 bits per heavy atom. The van der Waals surface area contributed by atoms with Gasteiger partial charge >= 0.3 is 5.97 Å². The molecule has 33 heavy (non-hydrogen) atoms. The van der Waals surface area contributed by atoms with E-state index in [9.17, 15) is 9.59 Å². The van der Waals surface area contributed by atoms with Crippen LogP contribution in [-0.2, 0) is 14.3 Å². The zero-order chi connectivity index (χ0) is 24.1. The summed E-state index contributed by atoms with van der Waals surface area (Å²) >= 11 is 0. The van der Waals surface area contributed by atoms with Crippen molar-refractivity contribution in [1.82, 2.24) is 0 Å². The summed E-state index contributed by atoms with van der Waals surface area (Å²) < 4.78 is 5.58. The molecule has 0 aliphatic heterocycles. The van der Waals surface area contributed by atoms with Crippen LogP contribution in [0.3, 0.4) is 0 Å². The Hall–Kier alpha value is -1.12. The van der Waals surface area contributed by atoms with Crippen molar-refractivity contribution < 1.29 is 14.3 Å². The maximum Gasteiger partial charge on any atom is 0.302 e. The standard InChI is InChI=1S/C30H48O3/c1-18(2)19(3)16-22-8-11-26(20(22)4)30(7)15-13-27-25(28(30)32)10-9-23-17-24(33-21(5)31)12-14-29(23,27)6/h18-20,22-24,26H,8-17H2,1-7H3/t19-,20+,22+,23-,24-,26+,29-,30+/m0/s1. The summed E-state index contributed by atoms with van der Waals surface area (Å²) in [6.45, 7) is 15.8. The number of carbonyl (C=O) groups is 2. The molecule has 0 aromatic heterocycles. The topological polar surface area (TPSA) is 43.4 Å². The number of hydrogen-bond acceptors (Lipinski definition) is 3. The zero-order valence-electron chi connectivity index (χ0n) is 22.3. The minimum Gasteiger partial charge on any atom is -0.463 e. The monoisotopic (exact) mass is 456 g/mol. The Morgan fingerprint density at radius 2 is 1.76 bits per heavy atom. The zero-order valence-corrected chi connectivity index (χ0v) is 22.3. The lowest BCUT2D eigenvalue weighted by molar-refractivity contribution is -0.150. The summed E-state index contributed by atoms with van der Waals surface area (Å²) in [6.07, 6.45) is 11.0. The van der Waals surface area contributed by atoms with Crippen LogP contribution < -0.4 is 0 Å². The molecule has 186 valence electrons. The summed E-state index contributed by atoms with van der Waals surface area (Å²) in [5.74, 6) is 4.34. The normalized spacial score (nSPS) is 42.2. The van der Waals surface area contributed by atoms with Gasteiger partial charge in [0, 0.05) is 12.3 Å². The van der Waals surface area contributed by atoms with Gasteiger partial charge in [-0.1, -0.05) is 47.1 Å². The van der Waals surface area contributed by atoms with Gasteiger partial charge in [-0.05, 0) is 111 Å². The molecule has 0 spiro atoms. The molecule has 3 nitrogen and oxygen atoms in total. The Morgan fingerprint density at radius 3 is 2.42 bits per heavy atom. The fourth-order valence-electron chi connectivity index (χ4n) is 8.46. The van der Waals surface area contributed by atoms with Gasteiger partial charge in [-0.15, -0.1) is 0 Å². The number of hydrogen-bond donors (Lipinski definition) is 0. The van der Waals surface area contributed by atoms with E-state index >= 15 is 0 Å². The summed E-state index contributed by atoms with van der Waals surface area (Å²) in [6, 6.07) is 0. The van der Waals surface area contributed by atoms with Gasteiger partial charge in [-0.3, -0.25) is 9.59 Å². The third-order valence-electron chi connectivity index (χ3n) is 11.1. The van der Waals surface area contributed by atoms with E-state index < -0.39 is 0 Å². The van der Waals surface area contributed by atoms with Crippen molar-refractivity contribution >= 4 is 11.8 Å². The summed E-state index contributed by atoms with van der Waals surface area (Å²) in [5.41, 5.74) is 2.64. The number of Topliss-reactive ketones (excluding diaryl/α,β-unsaturated/α-hetero) is 1. The Kier molecular flexibility index (Phi) is 6.93. The van der Waals surface area contributed by atoms with Crippen molar-refractivity contribution in [2.24, 2.45) is 46.3 Å². The Labute approximate surface area is 202 Å².